The molecule has 0 radical (unpaired) electrons. The summed E-state index contributed by atoms with van der Waals surface area (Å²) in [4.78, 5) is 6.83. The van der Waals surface area contributed by atoms with Gasteiger partial charge < -0.3 is 18.8 Å². The van der Waals surface area contributed by atoms with Crippen LogP contribution in [0.15, 0.2) is 24.5 Å². The SMILES string of the molecule is COc1cc(OC)c(CN2CCC[C@@H](Cn3ccnc3C)C2)c(OC)c1. The predicted octanol–water partition coefficient (Wildman–Crippen LogP) is 3.13. The first-order chi connectivity index (χ1) is 12.6. The van der Waals surface area contributed by atoms with Gasteiger partial charge in [0.1, 0.15) is 23.1 Å². The monoisotopic (exact) mass is 359 g/mol. The van der Waals surface area contributed by atoms with Gasteiger partial charge in [-0.25, -0.2) is 4.98 Å². The zero-order chi connectivity index (χ0) is 18.5. The number of nitrogens with zero attached hydrogens (tertiary/aromatic N) is 3. The van der Waals surface area contributed by atoms with E-state index >= 15 is 0 Å². The number of imidazole rings is 1. The van der Waals surface area contributed by atoms with Crippen molar-refractivity contribution in [1.82, 2.24) is 14.5 Å². The summed E-state index contributed by atoms with van der Waals surface area (Å²) in [5, 5.41) is 0. The zero-order valence-electron chi connectivity index (χ0n) is 16.2. The van der Waals surface area contributed by atoms with E-state index in [1.54, 1.807) is 21.3 Å². The molecule has 26 heavy (non-hydrogen) atoms. The Labute approximate surface area is 155 Å². The molecule has 1 aromatic heterocycles. The van der Waals surface area contributed by atoms with Crippen molar-refractivity contribution >= 4 is 0 Å². The second-order valence-corrected chi connectivity index (χ2v) is 6.88. The third-order valence-electron chi connectivity index (χ3n) is 5.18. The molecule has 0 spiro atoms. The molecular weight excluding hydrogens is 330 g/mol. The molecule has 3 rings (SSSR count). The van der Waals surface area contributed by atoms with Crippen LogP contribution in [0.5, 0.6) is 17.2 Å². The van der Waals surface area contributed by atoms with Gasteiger partial charge in [-0.3, -0.25) is 4.90 Å². The molecule has 0 aliphatic carbocycles. The van der Waals surface area contributed by atoms with E-state index in [9.17, 15) is 0 Å². The molecule has 1 aliphatic heterocycles. The largest absolute Gasteiger partial charge is 0.496 e. The molecule has 6 nitrogen and oxygen atoms in total. The summed E-state index contributed by atoms with van der Waals surface area (Å²) >= 11 is 0. The molecule has 142 valence electrons. The molecule has 0 bridgehead atoms. The van der Waals surface area contributed by atoms with Crippen LogP contribution in [0.1, 0.15) is 24.2 Å². The number of ether oxygens (including phenoxy) is 3. The smallest absolute Gasteiger partial charge is 0.130 e. The summed E-state index contributed by atoms with van der Waals surface area (Å²) in [6.45, 7) is 6.07. The standard InChI is InChI=1S/C20H29N3O3/c1-15-21-7-9-23(15)13-16-6-5-8-22(12-16)14-18-19(25-3)10-17(24-2)11-20(18)26-4/h7,9-11,16H,5-6,8,12-14H2,1-4H3/t16-/m1/s1. The van der Waals surface area contributed by atoms with Gasteiger partial charge in [-0.1, -0.05) is 0 Å². The van der Waals surface area contributed by atoms with Crippen molar-refractivity contribution in [3.63, 3.8) is 0 Å². The van der Waals surface area contributed by atoms with Gasteiger partial charge in [-0.2, -0.15) is 0 Å². The fourth-order valence-electron chi connectivity index (χ4n) is 3.78. The summed E-state index contributed by atoms with van der Waals surface area (Å²) in [6.07, 6.45) is 6.41. The normalized spacial score (nSPS) is 17.9. The Bertz CT molecular complexity index is 704. The first kappa shape index (κ1) is 18.6. The number of rotatable bonds is 7. The molecule has 1 atom stereocenters. The second kappa shape index (κ2) is 8.45. The lowest BCUT2D eigenvalue weighted by atomic mass is 9.97. The number of likely N-dealkylation sites (tertiary alicyclic amines) is 1. The summed E-state index contributed by atoms with van der Waals surface area (Å²) in [7, 11) is 5.04. The Hall–Kier alpha value is -2.21. The van der Waals surface area contributed by atoms with Crippen LogP contribution < -0.4 is 14.2 Å². The van der Waals surface area contributed by atoms with Gasteiger partial charge in [0.15, 0.2) is 0 Å². The molecule has 2 aromatic rings. The molecule has 1 aliphatic rings. The van der Waals surface area contributed by atoms with E-state index in [0.717, 1.165) is 54.8 Å². The van der Waals surface area contributed by atoms with Crippen LogP contribution >= 0.6 is 0 Å². The minimum Gasteiger partial charge on any atom is -0.496 e. The van der Waals surface area contributed by atoms with Crippen molar-refractivity contribution in [2.45, 2.75) is 32.9 Å². The van der Waals surface area contributed by atoms with E-state index in [2.05, 4.69) is 27.6 Å². The third-order valence-corrected chi connectivity index (χ3v) is 5.18. The van der Waals surface area contributed by atoms with Crippen molar-refractivity contribution in [2.75, 3.05) is 34.4 Å². The molecule has 1 aromatic carbocycles. The van der Waals surface area contributed by atoms with Gasteiger partial charge in [-0.05, 0) is 32.2 Å². The van der Waals surface area contributed by atoms with Crippen LogP contribution in [0.2, 0.25) is 0 Å². The summed E-state index contributed by atoms with van der Waals surface area (Å²) in [5.74, 6) is 4.09. The third kappa shape index (κ3) is 4.12. The lowest BCUT2D eigenvalue weighted by Gasteiger charge is -2.33. The van der Waals surface area contributed by atoms with Crippen molar-refractivity contribution in [2.24, 2.45) is 5.92 Å². The lowest BCUT2D eigenvalue weighted by Crippen LogP contribution is -2.36. The number of methoxy groups -OCH3 is 3. The molecule has 0 unspecified atom stereocenters. The Morgan fingerprint density at radius 2 is 1.85 bits per heavy atom. The number of hydrogen-bond acceptors (Lipinski definition) is 5. The van der Waals surface area contributed by atoms with Crippen molar-refractivity contribution in [3.05, 3.63) is 35.9 Å². The quantitative estimate of drug-likeness (QED) is 0.760. The van der Waals surface area contributed by atoms with E-state index in [-0.39, 0.29) is 0 Å². The maximum Gasteiger partial charge on any atom is 0.130 e. The molecule has 0 amide bonds. The average molecular weight is 359 g/mol. The highest BCUT2D eigenvalue weighted by molar-refractivity contribution is 5.50. The minimum atomic E-state index is 0.631. The second-order valence-electron chi connectivity index (χ2n) is 6.88. The van der Waals surface area contributed by atoms with Crippen molar-refractivity contribution in [3.8, 4) is 17.2 Å². The number of aromatic nitrogens is 2. The first-order valence-electron chi connectivity index (χ1n) is 9.13. The topological polar surface area (TPSA) is 48.8 Å². The van der Waals surface area contributed by atoms with Gasteiger partial charge >= 0.3 is 0 Å². The summed E-state index contributed by atoms with van der Waals surface area (Å²) in [5.41, 5.74) is 1.08. The van der Waals surface area contributed by atoms with Crippen molar-refractivity contribution < 1.29 is 14.2 Å². The van der Waals surface area contributed by atoms with Gasteiger partial charge in [0.2, 0.25) is 0 Å². The summed E-state index contributed by atoms with van der Waals surface area (Å²) in [6, 6.07) is 3.85. The highest BCUT2D eigenvalue weighted by atomic mass is 16.5. The lowest BCUT2D eigenvalue weighted by molar-refractivity contribution is 0.152. The number of benzene rings is 1. The fourth-order valence-corrected chi connectivity index (χ4v) is 3.78. The number of aryl methyl sites for hydroxylation is 1. The number of piperidine rings is 1. The van der Waals surface area contributed by atoms with Gasteiger partial charge in [0.25, 0.3) is 0 Å². The average Bonchev–Trinajstić information content (AvgIpc) is 3.06. The highest BCUT2D eigenvalue weighted by Gasteiger charge is 2.23. The number of hydrogen-bond donors (Lipinski definition) is 0. The van der Waals surface area contributed by atoms with E-state index in [1.807, 2.05) is 18.3 Å². The molecule has 0 saturated carbocycles. The van der Waals surface area contributed by atoms with E-state index < -0.39 is 0 Å². The van der Waals surface area contributed by atoms with Crippen LogP contribution in [0.3, 0.4) is 0 Å². The fraction of sp³-hybridized carbons (Fsp3) is 0.550. The van der Waals surface area contributed by atoms with Gasteiger partial charge in [0, 0.05) is 44.2 Å². The maximum atomic E-state index is 5.60. The molecule has 1 saturated heterocycles. The van der Waals surface area contributed by atoms with Crippen LogP contribution in [-0.2, 0) is 13.1 Å². The van der Waals surface area contributed by atoms with E-state index in [4.69, 9.17) is 14.2 Å². The molecular formula is C20H29N3O3. The van der Waals surface area contributed by atoms with Gasteiger partial charge in [0.05, 0.1) is 26.9 Å². The van der Waals surface area contributed by atoms with E-state index in [1.165, 1.54) is 12.8 Å². The van der Waals surface area contributed by atoms with Crippen LogP contribution in [-0.4, -0.2) is 48.9 Å². The summed E-state index contributed by atoms with van der Waals surface area (Å²) < 4.78 is 18.8. The van der Waals surface area contributed by atoms with Crippen LogP contribution in [0.25, 0.3) is 0 Å². The highest BCUT2D eigenvalue weighted by Crippen LogP contribution is 2.35. The molecule has 6 heteroatoms. The Morgan fingerprint density at radius 3 is 2.42 bits per heavy atom. The molecule has 1 fully saturated rings. The van der Waals surface area contributed by atoms with Crippen molar-refractivity contribution in [1.29, 1.82) is 0 Å². The Balaban J connectivity index is 1.73. The molecule has 0 N–H and O–H groups in total. The zero-order valence-corrected chi connectivity index (χ0v) is 16.2. The minimum absolute atomic E-state index is 0.631. The van der Waals surface area contributed by atoms with E-state index in [0.29, 0.717) is 5.92 Å². The Morgan fingerprint density at radius 1 is 1.12 bits per heavy atom. The maximum absolute atomic E-state index is 5.60. The predicted molar refractivity (Wildman–Crippen MR) is 101 cm³/mol. The molecule has 2 heterocycles. The van der Waals surface area contributed by atoms with Crippen LogP contribution in [0.4, 0.5) is 0 Å². The van der Waals surface area contributed by atoms with Crippen LogP contribution in [0, 0.1) is 12.8 Å². The Kier molecular flexibility index (Phi) is 6.04. The van der Waals surface area contributed by atoms with Gasteiger partial charge in [-0.15, -0.1) is 0 Å². The first-order valence-corrected chi connectivity index (χ1v) is 9.13.